The standard InChI is InChI=1S/C18H13BNO/c21-19-14-7-9-18-16(11-14)15-10-13(6-8-17(15)20-18)12-4-2-1-3-5-12/h1-11,20-21H. The minimum atomic E-state index is 0.813. The van der Waals surface area contributed by atoms with Crippen LogP contribution in [0.2, 0.25) is 0 Å². The Kier molecular flexibility index (Phi) is 2.79. The van der Waals surface area contributed by atoms with E-state index in [4.69, 9.17) is 0 Å². The van der Waals surface area contributed by atoms with E-state index in [1.165, 1.54) is 16.5 Å². The van der Waals surface area contributed by atoms with Crippen LogP contribution < -0.4 is 5.46 Å². The van der Waals surface area contributed by atoms with Gasteiger partial charge in [-0.3, -0.25) is 0 Å². The summed E-state index contributed by atoms with van der Waals surface area (Å²) in [5.74, 6) is 0. The molecule has 0 aliphatic heterocycles. The zero-order valence-corrected chi connectivity index (χ0v) is 11.4. The third-order valence-electron chi connectivity index (χ3n) is 3.88. The molecule has 0 spiro atoms. The third kappa shape index (κ3) is 2.03. The van der Waals surface area contributed by atoms with Crippen LogP contribution in [-0.2, 0) is 0 Å². The summed E-state index contributed by atoms with van der Waals surface area (Å²) >= 11 is 0. The van der Waals surface area contributed by atoms with Gasteiger partial charge in [-0.1, -0.05) is 54.0 Å². The molecular formula is C18H13BNO. The largest absolute Gasteiger partial charge is 0.450 e. The van der Waals surface area contributed by atoms with E-state index in [2.05, 4.69) is 35.3 Å². The predicted molar refractivity (Wildman–Crippen MR) is 88.8 cm³/mol. The Labute approximate surface area is 123 Å². The molecule has 99 valence electrons. The molecule has 1 heterocycles. The zero-order chi connectivity index (χ0) is 14.2. The molecule has 0 saturated heterocycles. The molecule has 1 radical (unpaired) electrons. The average Bonchev–Trinajstić information content (AvgIpc) is 2.92. The fraction of sp³-hybridized carbons (Fsp3) is 0. The SMILES string of the molecule is O[B]c1ccc2[nH]c3ccc(-c4ccccc4)cc3c2c1. The van der Waals surface area contributed by atoms with Gasteiger partial charge < -0.3 is 10.0 Å². The highest BCUT2D eigenvalue weighted by molar-refractivity contribution is 6.46. The monoisotopic (exact) mass is 270 g/mol. The molecule has 21 heavy (non-hydrogen) atoms. The minimum absolute atomic E-state index is 0.813. The first-order valence-electron chi connectivity index (χ1n) is 6.93. The molecule has 2 N–H and O–H groups in total. The Balaban J connectivity index is 1.99. The molecule has 0 fully saturated rings. The average molecular weight is 270 g/mol. The Morgan fingerprint density at radius 3 is 2.19 bits per heavy atom. The maximum atomic E-state index is 9.20. The minimum Gasteiger partial charge on any atom is -0.450 e. The fourth-order valence-electron chi connectivity index (χ4n) is 2.81. The van der Waals surface area contributed by atoms with Gasteiger partial charge in [0.2, 0.25) is 0 Å². The maximum absolute atomic E-state index is 9.20. The van der Waals surface area contributed by atoms with E-state index < -0.39 is 0 Å². The number of hydrogen-bond acceptors (Lipinski definition) is 1. The second kappa shape index (κ2) is 4.79. The molecule has 1 aromatic heterocycles. The van der Waals surface area contributed by atoms with Crippen LogP contribution in [0.1, 0.15) is 0 Å². The summed E-state index contributed by atoms with van der Waals surface area (Å²) in [7, 11) is 1.14. The molecule has 3 heteroatoms. The van der Waals surface area contributed by atoms with Crippen molar-refractivity contribution in [1.82, 2.24) is 4.98 Å². The summed E-state index contributed by atoms with van der Waals surface area (Å²) in [6.45, 7) is 0. The lowest BCUT2D eigenvalue weighted by Crippen LogP contribution is -2.11. The Bertz CT molecular complexity index is 928. The molecule has 2 nitrogen and oxygen atoms in total. The van der Waals surface area contributed by atoms with Gasteiger partial charge in [0.15, 0.2) is 0 Å². The first-order valence-corrected chi connectivity index (χ1v) is 6.93. The number of aromatic amines is 1. The molecule has 0 atom stereocenters. The van der Waals surface area contributed by atoms with Crippen LogP contribution in [-0.4, -0.2) is 17.5 Å². The van der Waals surface area contributed by atoms with E-state index >= 15 is 0 Å². The number of nitrogens with one attached hydrogen (secondary N) is 1. The van der Waals surface area contributed by atoms with Gasteiger partial charge >= 0.3 is 7.48 Å². The molecule has 0 aliphatic carbocycles. The number of benzene rings is 3. The summed E-state index contributed by atoms with van der Waals surface area (Å²) in [6, 6.07) is 22.7. The molecule has 0 aliphatic rings. The summed E-state index contributed by atoms with van der Waals surface area (Å²) in [5.41, 5.74) is 5.41. The van der Waals surface area contributed by atoms with Crippen molar-refractivity contribution in [3.05, 3.63) is 66.7 Å². The number of aromatic nitrogens is 1. The van der Waals surface area contributed by atoms with Crippen LogP contribution in [0.15, 0.2) is 66.7 Å². The summed E-state index contributed by atoms with van der Waals surface area (Å²) in [5, 5.41) is 11.5. The Hall–Kier alpha value is -2.52. The van der Waals surface area contributed by atoms with Gasteiger partial charge in [0.1, 0.15) is 0 Å². The number of rotatable bonds is 2. The van der Waals surface area contributed by atoms with Crippen LogP contribution in [0.25, 0.3) is 32.9 Å². The fourth-order valence-corrected chi connectivity index (χ4v) is 2.81. The van der Waals surface area contributed by atoms with Gasteiger partial charge in [-0.2, -0.15) is 0 Å². The first-order chi connectivity index (χ1) is 10.3. The quantitative estimate of drug-likeness (QED) is 0.539. The number of hydrogen-bond donors (Lipinski definition) is 2. The van der Waals surface area contributed by atoms with E-state index in [9.17, 15) is 5.02 Å². The van der Waals surface area contributed by atoms with Gasteiger partial charge in [0.25, 0.3) is 0 Å². The summed E-state index contributed by atoms with van der Waals surface area (Å²) < 4.78 is 0. The Morgan fingerprint density at radius 1 is 0.714 bits per heavy atom. The lowest BCUT2D eigenvalue weighted by molar-refractivity contribution is 0.615. The van der Waals surface area contributed by atoms with Gasteiger partial charge in [-0.25, -0.2) is 0 Å². The molecule has 4 rings (SSSR count). The molecule has 0 saturated carbocycles. The van der Waals surface area contributed by atoms with Crippen LogP contribution in [0, 0.1) is 0 Å². The maximum Gasteiger partial charge on any atom is 0.326 e. The van der Waals surface area contributed by atoms with Gasteiger partial charge in [-0.05, 0) is 29.3 Å². The van der Waals surface area contributed by atoms with Crippen LogP contribution in [0.5, 0.6) is 0 Å². The van der Waals surface area contributed by atoms with Crippen LogP contribution in [0.4, 0.5) is 0 Å². The van der Waals surface area contributed by atoms with E-state index in [0.717, 1.165) is 29.4 Å². The van der Waals surface area contributed by atoms with Crippen molar-refractivity contribution in [3.8, 4) is 11.1 Å². The highest BCUT2D eigenvalue weighted by atomic mass is 16.2. The second-order valence-electron chi connectivity index (χ2n) is 5.19. The van der Waals surface area contributed by atoms with Crippen LogP contribution >= 0.6 is 0 Å². The summed E-state index contributed by atoms with van der Waals surface area (Å²) in [6.07, 6.45) is 0. The number of H-pyrrole nitrogens is 1. The van der Waals surface area contributed by atoms with Gasteiger partial charge in [0, 0.05) is 21.8 Å². The zero-order valence-electron chi connectivity index (χ0n) is 11.4. The van der Waals surface area contributed by atoms with E-state index in [1.54, 1.807) is 0 Å². The topological polar surface area (TPSA) is 36.0 Å². The van der Waals surface area contributed by atoms with Crippen molar-refractivity contribution in [2.75, 3.05) is 0 Å². The molecule has 0 amide bonds. The lowest BCUT2D eigenvalue weighted by atomic mass is 9.87. The molecule has 3 aromatic carbocycles. The van der Waals surface area contributed by atoms with E-state index in [0.29, 0.717) is 0 Å². The normalized spacial score (nSPS) is 11.1. The highest BCUT2D eigenvalue weighted by Gasteiger charge is 2.07. The lowest BCUT2D eigenvalue weighted by Gasteiger charge is -2.02. The van der Waals surface area contributed by atoms with Crippen molar-refractivity contribution in [1.29, 1.82) is 0 Å². The molecule has 0 bridgehead atoms. The predicted octanol–water partition coefficient (Wildman–Crippen LogP) is 3.22. The van der Waals surface area contributed by atoms with E-state index in [1.807, 2.05) is 36.4 Å². The highest BCUT2D eigenvalue weighted by Crippen LogP contribution is 2.29. The van der Waals surface area contributed by atoms with E-state index in [-0.39, 0.29) is 0 Å². The first kappa shape index (κ1) is 12.2. The Morgan fingerprint density at radius 2 is 1.43 bits per heavy atom. The number of fused-ring (bicyclic) bond motifs is 3. The van der Waals surface area contributed by atoms with Crippen molar-refractivity contribution in [2.24, 2.45) is 0 Å². The van der Waals surface area contributed by atoms with Gasteiger partial charge in [0.05, 0.1) is 0 Å². The molecule has 0 unspecified atom stereocenters. The van der Waals surface area contributed by atoms with Crippen molar-refractivity contribution < 1.29 is 5.02 Å². The smallest absolute Gasteiger partial charge is 0.326 e. The summed E-state index contributed by atoms with van der Waals surface area (Å²) in [4.78, 5) is 3.41. The third-order valence-corrected chi connectivity index (χ3v) is 3.88. The van der Waals surface area contributed by atoms with Crippen molar-refractivity contribution in [2.45, 2.75) is 0 Å². The molecule has 4 aromatic rings. The van der Waals surface area contributed by atoms with Crippen molar-refractivity contribution in [3.63, 3.8) is 0 Å². The molecular weight excluding hydrogens is 257 g/mol. The van der Waals surface area contributed by atoms with Gasteiger partial charge in [-0.15, -0.1) is 0 Å². The van der Waals surface area contributed by atoms with Crippen molar-refractivity contribution >= 4 is 34.8 Å². The van der Waals surface area contributed by atoms with Crippen LogP contribution in [0.3, 0.4) is 0 Å². The second-order valence-corrected chi connectivity index (χ2v) is 5.19.